The van der Waals surface area contributed by atoms with Gasteiger partial charge in [-0.1, -0.05) is 20.8 Å². The summed E-state index contributed by atoms with van der Waals surface area (Å²) in [6, 6.07) is 3.36. The van der Waals surface area contributed by atoms with Gasteiger partial charge in [0, 0.05) is 57.2 Å². The van der Waals surface area contributed by atoms with E-state index in [0.717, 1.165) is 19.1 Å². The normalized spacial score (nSPS) is 21.9. The van der Waals surface area contributed by atoms with Gasteiger partial charge in [-0.25, -0.2) is 0 Å². The molecule has 1 saturated heterocycles. The third kappa shape index (κ3) is 3.51. The lowest BCUT2D eigenvalue weighted by molar-refractivity contribution is 0.119. The minimum Gasteiger partial charge on any atom is -0.350 e. The Labute approximate surface area is 129 Å². The fraction of sp³-hybridized carbons (Fsp3) is 0.778. The molecule has 2 heterocycles. The molecule has 2 fully saturated rings. The van der Waals surface area contributed by atoms with Crippen LogP contribution in [-0.2, 0) is 18.5 Å². The van der Waals surface area contributed by atoms with Gasteiger partial charge in [-0.15, -0.1) is 0 Å². The highest BCUT2D eigenvalue weighted by Gasteiger charge is 2.31. The summed E-state index contributed by atoms with van der Waals surface area (Å²) in [5, 5.41) is 0. The second-order valence-electron chi connectivity index (χ2n) is 7.80. The second-order valence-corrected chi connectivity index (χ2v) is 7.80. The van der Waals surface area contributed by atoms with E-state index in [1.165, 1.54) is 50.3 Å². The summed E-state index contributed by atoms with van der Waals surface area (Å²) >= 11 is 0. The van der Waals surface area contributed by atoms with Gasteiger partial charge in [-0.3, -0.25) is 9.80 Å². The maximum absolute atomic E-state index is 2.69. The molecule has 0 spiro atoms. The van der Waals surface area contributed by atoms with Crippen molar-refractivity contribution < 1.29 is 0 Å². The predicted octanol–water partition coefficient (Wildman–Crippen LogP) is 3.09. The molecule has 1 aliphatic heterocycles. The molecule has 0 bridgehead atoms. The number of nitrogens with zero attached hydrogens (tertiary/aromatic N) is 3. The highest BCUT2D eigenvalue weighted by atomic mass is 15.3. The first kappa shape index (κ1) is 15.1. The minimum absolute atomic E-state index is 0.250. The number of aryl methyl sites for hydroxylation is 1. The highest BCUT2D eigenvalue weighted by molar-refractivity contribution is 5.25. The molecule has 1 saturated carbocycles. The van der Waals surface area contributed by atoms with E-state index in [9.17, 15) is 0 Å². The first-order chi connectivity index (χ1) is 9.97. The SMILES string of the molecule is CCn1cc(C(C)(C)C)cc1CN1CCN(C2CC2)CC1. The fourth-order valence-electron chi connectivity index (χ4n) is 3.35. The first-order valence-electron chi connectivity index (χ1n) is 8.63. The van der Waals surface area contributed by atoms with Crippen LogP contribution in [0.1, 0.15) is 51.8 Å². The van der Waals surface area contributed by atoms with E-state index in [4.69, 9.17) is 0 Å². The van der Waals surface area contributed by atoms with Crippen LogP contribution in [0.5, 0.6) is 0 Å². The fourth-order valence-corrected chi connectivity index (χ4v) is 3.35. The summed E-state index contributed by atoms with van der Waals surface area (Å²) < 4.78 is 2.44. The molecule has 1 aromatic rings. The largest absolute Gasteiger partial charge is 0.350 e. The van der Waals surface area contributed by atoms with Crippen LogP contribution >= 0.6 is 0 Å². The summed E-state index contributed by atoms with van der Waals surface area (Å²) in [5.41, 5.74) is 3.21. The summed E-state index contributed by atoms with van der Waals surface area (Å²) in [6.07, 6.45) is 5.23. The lowest BCUT2D eigenvalue weighted by atomic mass is 9.89. The molecular weight excluding hydrogens is 258 g/mol. The van der Waals surface area contributed by atoms with E-state index in [2.05, 4.69) is 54.3 Å². The van der Waals surface area contributed by atoms with E-state index in [0.29, 0.717) is 0 Å². The third-order valence-corrected chi connectivity index (χ3v) is 5.05. The van der Waals surface area contributed by atoms with Crippen molar-refractivity contribution in [3.05, 3.63) is 23.5 Å². The lowest BCUT2D eigenvalue weighted by Gasteiger charge is -2.34. The monoisotopic (exact) mass is 289 g/mol. The quantitative estimate of drug-likeness (QED) is 0.844. The molecule has 0 unspecified atom stereocenters. The molecule has 1 aliphatic carbocycles. The molecular formula is C18H31N3. The second kappa shape index (κ2) is 5.77. The Kier molecular flexibility index (Phi) is 4.15. The molecule has 0 aromatic carbocycles. The third-order valence-electron chi connectivity index (χ3n) is 5.05. The summed E-state index contributed by atoms with van der Waals surface area (Å²) in [7, 11) is 0. The minimum atomic E-state index is 0.250. The van der Waals surface area contributed by atoms with Gasteiger partial charge in [0.15, 0.2) is 0 Å². The number of piperazine rings is 1. The van der Waals surface area contributed by atoms with Crippen molar-refractivity contribution in [3.63, 3.8) is 0 Å². The molecule has 3 heteroatoms. The van der Waals surface area contributed by atoms with Crippen LogP contribution in [0, 0.1) is 0 Å². The van der Waals surface area contributed by atoms with E-state index >= 15 is 0 Å². The van der Waals surface area contributed by atoms with Crippen molar-refractivity contribution in [1.29, 1.82) is 0 Å². The summed E-state index contributed by atoms with van der Waals surface area (Å²) in [4.78, 5) is 5.32. The molecule has 0 N–H and O–H groups in total. The number of aromatic nitrogens is 1. The standard InChI is InChI=1S/C18H31N3/c1-5-20-13-15(18(2,3)4)12-17(20)14-19-8-10-21(11-9-19)16-6-7-16/h12-13,16H,5-11,14H2,1-4H3. The Hall–Kier alpha value is -0.800. The van der Waals surface area contributed by atoms with Gasteiger partial charge in [-0.05, 0) is 36.8 Å². The first-order valence-corrected chi connectivity index (χ1v) is 8.63. The summed E-state index contributed by atoms with van der Waals surface area (Å²) in [6.45, 7) is 16.4. The number of hydrogen-bond donors (Lipinski definition) is 0. The Bertz CT molecular complexity index is 471. The average molecular weight is 289 g/mol. The van der Waals surface area contributed by atoms with E-state index < -0.39 is 0 Å². The highest BCUT2D eigenvalue weighted by Crippen LogP contribution is 2.28. The molecule has 2 aliphatic rings. The summed E-state index contributed by atoms with van der Waals surface area (Å²) in [5.74, 6) is 0. The van der Waals surface area contributed by atoms with Gasteiger partial charge >= 0.3 is 0 Å². The van der Waals surface area contributed by atoms with Gasteiger partial charge in [0.1, 0.15) is 0 Å². The molecule has 1 aromatic heterocycles. The predicted molar refractivity (Wildman–Crippen MR) is 88.7 cm³/mol. The van der Waals surface area contributed by atoms with Crippen molar-refractivity contribution in [3.8, 4) is 0 Å². The van der Waals surface area contributed by atoms with Crippen LogP contribution in [0.4, 0.5) is 0 Å². The Morgan fingerprint density at radius 2 is 1.76 bits per heavy atom. The van der Waals surface area contributed by atoms with Crippen molar-refractivity contribution in [2.24, 2.45) is 0 Å². The topological polar surface area (TPSA) is 11.4 Å². The maximum atomic E-state index is 2.69. The molecule has 3 rings (SSSR count). The van der Waals surface area contributed by atoms with Crippen LogP contribution in [-0.4, -0.2) is 46.6 Å². The number of rotatable bonds is 4. The van der Waals surface area contributed by atoms with Gasteiger partial charge in [0.25, 0.3) is 0 Å². The zero-order valence-electron chi connectivity index (χ0n) is 14.2. The van der Waals surface area contributed by atoms with Crippen LogP contribution in [0.2, 0.25) is 0 Å². The smallest absolute Gasteiger partial charge is 0.0388 e. The van der Waals surface area contributed by atoms with E-state index in [1.54, 1.807) is 0 Å². The van der Waals surface area contributed by atoms with Crippen LogP contribution in [0.15, 0.2) is 12.3 Å². The van der Waals surface area contributed by atoms with Crippen molar-refractivity contribution >= 4 is 0 Å². The van der Waals surface area contributed by atoms with E-state index in [1.807, 2.05) is 0 Å². The molecule has 21 heavy (non-hydrogen) atoms. The number of hydrogen-bond acceptors (Lipinski definition) is 2. The van der Waals surface area contributed by atoms with Crippen LogP contribution < -0.4 is 0 Å². The van der Waals surface area contributed by atoms with Crippen LogP contribution in [0.3, 0.4) is 0 Å². The maximum Gasteiger partial charge on any atom is 0.0388 e. The zero-order chi connectivity index (χ0) is 15.0. The molecule has 118 valence electrons. The average Bonchev–Trinajstić information content (AvgIpc) is 3.19. The lowest BCUT2D eigenvalue weighted by Crippen LogP contribution is -2.46. The van der Waals surface area contributed by atoms with Crippen molar-refractivity contribution in [1.82, 2.24) is 14.4 Å². The zero-order valence-corrected chi connectivity index (χ0v) is 14.2. The molecule has 0 radical (unpaired) electrons. The van der Waals surface area contributed by atoms with Crippen LogP contribution in [0.25, 0.3) is 0 Å². The molecule has 3 nitrogen and oxygen atoms in total. The van der Waals surface area contributed by atoms with Gasteiger partial charge < -0.3 is 4.57 Å². The Morgan fingerprint density at radius 3 is 2.29 bits per heavy atom. The van der Waals surface area contributed by atoms with Gasteiger partial charge in [0.05, 0.1) is 0 Å². The Balaban J connectivity index is 1.63. The van der Waals surface area contributed by atoms with Gasteiger partial charge in [0.2, 0.25) is 0 Å². The van der Waals surface area contributed by atoms with Gasteiger partial charge in [-0.2, -0.15) is 0 Å². The molecule has 0 amide bonds. The van der Waals surface area contributed by atoms with Crippen molar-refractivity contribution in [2.45, 2.75) is 65.1 Å². The van der Waals surface area contributed by atoms with E-state index in [-0.39, 0.29) is 5.41 Å². The Morgan fingerprint density at radius 1 is 1.10 bits per heavy atom. The molecule has 0 atom stereocenters. The van der Waals surface area contributed by atoms with Crippen molar-refractivity contribution in [2.75, 3.05) is 26.2 Å².